The molecule has 0 spiro atoms. The Bertz CT molecular complexity index is 504. The van der Waals surface area contributed by atoms with Crippen molar-refractivity contribution in [3.05, 3.63) is 35.6 Å². The number of hydrogen-bond donors (Lipinski definition) is 2. The average Bonchev–Trinajstić information content (AvgIpc) is 2.48. The van der Waals surface area contributed by atoms with E-state index in [1.807, 2.05) is 13.0 Å². The van der Waals surface area contributed by atoms with Gasteiger partial charge in [-0.1, -0.05) is 32.4 Å². The van der Waals surface area contributed by atoms with Gasteiger partial charge in [0, 0.05) is 12.5 Å². The second-order valence-corrected chi connectivity index (χ2v) is 5.64. The number of carboxylic acids is 1. The molecule has 0 heterocycles. The third kappa shape index (κ3) is 6.24. The highest BCUT2D eigenvalue weighted by Gasteiger charge is 2.19. The molecule has 1 aromatic rings. The maximum Gasteiger partial charge on any atom is 0.308 e. The van der Waals surface area contributed by atoms with E-state index >= 15 is 0 Å². The van der Waals surface area contributed by atoms with Crippen LogP contribution in [0, 0.1) is 17.7 Å². The SMILES string of the molecule is CCCC(CNC(=O)C(C)CCc1cccc(F)c1)C(=O)O. The second kappa shape index (κ2) is 9.18. The fourth-order valence-corrected chi connectivity index (χ4v) is 2.27. The molecule has 0 aliphatic heterocycles. The van der Waals surface area contributed by atoms with Gasteiger partial charge in [0.25, 0.3) is 0 Å². The Morgan fingerprint density at radius 1 is 1.32 bits per heavy atom. The highest BCUT2D eigenvalue weighted by molar-refractivity contribution is 5.79. The maximum absolute atomic E-state index is 13.1. The number of aryl methyl sites for hydroxylation is 1. The number of aliphatic carboxylic acids is 1. The van der Waals surface area contributed by atoms with Gasteiger partial charge in [-0.05, 0) is 37.0 Å². The Kier molecular flexibility index (Phi) is 7.57. The maximum atomic E-state index is 13.1. The number of hydrogen-bond acceptors (Lipinski definition) is 2. The van der Waals surface area contributed by atoms with E-state index in [2.05, 4.69) is 5.32 Å². The van der Waals surface area contributed by atoms with Crippen LogP contribution in [-0.2, 0) is 16.0 Å². The number of halogens is 1. The van der Waals surface area contributed by atoms with Gasteiger partial charge in [0.15, 0.2) is 0 Å². The first-order valence-electron chi connectivity index (χ1n) is 7.69. The molecule has 0 aliphatic rings. The lowest BCUT2D eigenvalue weighted by molar-refractivity contribution is -0.142. The van der Waals surface area contributed by atoms with Crippen LogP contribution in [0.1, 0.15) is 38.7 Å². The quantitative estimate of drug-likeness (QED) is 0.737. The number of nitrogens with one attached hydrogen (secondary N) is 1. The fourth-order valence-electron chi connectivity index (χ4n) is 2.27. The standard InChI is InChI=1S/C17H24FNO3/c1-3-5-14(17(21)22)11-19-16(20)12(2)8-9-13-6-4-7-15(18)10-13/h4,6-7,10,12,14H,3,5,8-9,11H2,1-2H3,(H,19,20)(H,21,22). The zero-order valence-electron chi connectivity index (χ0n) is 13.1. The van der Waals surface area contributed by atoms with E-state index in [1.165, 1.54) is 12.1 Å². The topological polar surface area (TPSA) is 66.4 Å². The summed E-state index contributed by atoms with van der Waals surface area (Å²) in [5, 5.41) is 11.7. The lowest BCUT2D eigenvalue weighted by Crippen LogP contribution is -2.36. The fraction of sp³-hybridized carbons (Fsp3) is 0.529. The monoisotopic (exact) mass is 309 g/mol. The van der Waals surface area contributed by atoms with E-state index in [9.17, 15) is 14.0 Å². The van der Waals surface area contributed by atoms with E-state index in [4.69, 9.17) is 5.11 Å². The number of rotatable bonds is 9. The minimum atomic E-state index is -0.880. The third-order valence-electron chi connectivity index (χ3n) is 3.71. The number of carbonyl (C=O) groups excluding carboxylic acids is 1. The second-order valence-electron chi connectivity index (χ2n) is 5.64. The van der Waals surface area contributed by atoms with Crippen molar-refractivity contribution in [3.8, 4) is 0 Å². The molecule has 0 saturated carbocycles. The van der Waals surface area contributed by atoms with Gasteiger partial charge in [-0.3, -0.25) is 9.59 Å². The molecule has 2 atom stereocenters. The zero-order chi connectivity index (χ0) is 16.5. The summed E-state index contributed by atoms with van der Waals surface area (Å²) >= 11 is 0. The van der Waals surface area contributed by atoms with Crippen molar-refractivity contribution in [1.82, 2.24) is 5.32 Å². The summed E-state index contributed by atoms with van der Waals surface area (Å²) in [6, 6.07) is 6.33. The van der Waals surface area contributed by atoms with Crippen LogP contribution in [-0.4, -0.2) is 23.5 Å². The van der Waals surface area contributed by atoms with Crippen LogP contribution in [0.3, 0.4) is 0 Å². The summed E-state index contributed by atoms with van der Waals surface area (Å²) in [6.07, 6.45) is 2.53. The summed E-state index contributed by atoms with van der Waals surface area (Å²) in [7, 11) is 0. The zero-order valence-corrected chi connectivity index (χ0v) is 13.1. The Morgan fingerprint density at radius 3 is 2.64 bits per heavy atom. The van der Waals surface area contributed by atoms with Crippen molar-refractivity contribution in [3.63, 3.8) is 0 Å². The van der Waals surface area contributed by atoms with Gasteiger partial charge < -0.3 is 10.4 Å². The normalized spacial score (nSPS) is 13.4. The van der Waals surface area contributed by atoms with E-state index in [0.717, 1.165) is 12.0 Å². The Morgan fingerprint density at radius 2 is 2.05 bits per heavy atom. The summed E-state index contributed by atoms with van der Waals surface area (Å²) in [5.41, 5.74) is 0.856. The van der Waals surface area contributed by atoms with Crippen LogP contribution < -0.4 is 5.32 Å². The first kappa shape index (κ1) is 18.1. The molecular weight excluding hydrogens is 285 g/mol. The highest BCUT2D eigenvalue weighted by Crippen LogP contribution is 2.12. The van der Waals surface area contributed by atoms with Crippen molar-refractivity contribution in [2.75, 3.05) is 6.54 Å². The summed E-state index contributed by atoms with van der Waals surface area (Å²) in [5.74, 6) is -2.09. The van der Waals surface area contributed by atoms with E-state index in [1.54, 1.807) is 13.0 Å². The molecule has 1 amide bonds. The van der Waals surface area contributed by atoms with Crippen LogP contribution in [0.15, 0.2) is 24.3 Å². The van der Waals surface area contributed by atoms with Crippen LogP contribution in [0.4, 0.5) is 4.39 Å². The van der Waals surface area contributed by atoms with Crippen molar-refractivity contribution < 1.29 is 19.1 Å². The number of benzene rings is 1. The van der Waals surface area contributed by atoms with Crippen molar-refractivity contribution in [1.29, 1.82) is 0 Å². The van der Waals surface area contributed by atoms with Crippen LogP contribution in [0.25, 0.3) is 0 Å². The summed E-state index contributed by atoms with van der Waals surface area (Å²) < 4.78 is 13.1. The number of carbonyl (C=O) groups is 2. The molecule has 1 aromatic carbocycles. The molecule has 0 bridgehead atoms. The lowest BCUT2D eigenvalue weighted by Gasteiger charge is -2.15. The molecule has 0 aliphatic carbocycles. The Labute approximate surface area is 130 Å². The van der Waals surface area contributed by atoms with E-state index in [-0.39, 0.29) is 24.2 Å². The molecule has 5 heteroatoms. The van der Waals surface area contributed by atoms with E-state index < -0.39 is 11.9 Å². The predicted molar refractivity (Wildman–Crippen MR) is 82.9 cm³/mol. The summed E-state index contributed by atoms with van der Waals surface area (Å²) in [4.78, 5) is 23.0. The summed E-state index contributed by atoms with van der Waals surface area (Å²) in [6.45, 7) is 3.87. The van der Waals surface area contributed by atoms with Crippen molar-refractivity contribution >= 4 is 11.9 Å². The molecule has 4 nitrogen and oxygen atoms in total. The minimum absolute atomic E-state index is 0.154. The molecule has 22 heavy (non-hydrogen) atoms. The first-order chi connectivity index (χ1) is 10.4. The van der Waals surface area contributed by atoms with Crippen molar-refractivity contribution in [2.24, 2.45) is 11.8 Å². The largest absolute Gasteiger partial charge is 0.481 e. The van der Waals surface area contributed by atoms with Gasteiger partial charge in [0.1, 0.15) is 5.82 Å². The van der Waals surface area contributed by atoms with Gasteiger partial charge >= 0.3 is 5.97 Å². The molecular formula is C17H24FNO3. The molecule has 0 fully saturated rings. The Balaban J connectivity index is 2.40. The molecule has 122 valence electrons. The molecule has 0 saturated heterocycles. The first-order valence-corrected chi connectivity index (χ1v) is 7.69. The van der Waals surface area contributed by atoms with Crippen LogP contribution >= 0.6 is 0 Å². The smallest absolute Gasteiger partial charge is 0.308 e. The average molecular weight is 309 g/mol. The van der Waals surface area contributed by atoms with Crippen LogP contribution in [0.5, 0.6) is 0 Å². The third-order valence-corrected chi connectivity index (χ3v) is 3.71. The predicted octanol–water partition coefficient (Wildman–Crippen LogP) is 3.01. The molecule has 0 radical (unpaired) electrons. The van der Waals surface area contributed by atoms with Gasteiger partial charge in [0.05, 0.1) is 5.92 Å². The lowest BCUT2D eigenvalue weighted by atomic mass is 9.99. The van der Waals surface area contributed by atoms with Gasteiger partial charge in [-0.15, -0.1) is 0 Å². The van der Waals surface area contributed by atoms with E-state index in [0.29, 0.717) is 19.3 Å². The highest BCUT2D eigenvalue weighted by atomic mass is 19.1. The van der Waals surface area contributed by atoms with Crippen molar-refractivity contribution in [2.45, 2.75) is 39.5 Å². The molecule has 1 rings (SSSR count). The van der Waals surface area contributed by atoms with Gasteiger partial charge in [-0.25, -0.2) is 4.39 Å². The number of amides is 1. The number of carboxylic acid groups (broad SMARTS) is 1. The molecule has 2 unspecified atom stereocenters. The molecule has 0 aromatic heterocycles. The Hall–Kier alpha value is -1.91. The molecule has 2 N–H and O–H groups in total. The van der Waals surface area contributed by atoms with Gasteiger partial charge in [0.2, 0.25) is 5.91 Å². The van der Waals surface area contributed by atoms with Gasteiger partial charge in [-0.2, -0.15) is 0 Å². The minimum Gasteiger partial charge on any atom is -0.481 e. The van der Waals surface area contributed by atoms with Crippen LogP contribution in [0.2, 0.25) is 0 Å².